The van der Waals surface area contributed by atoms with E-state index < -0.39 is 0 Å². The summed E-state index contributed by atoms with van der Waals surface area (Å²) in [5, 5.41) is 3.34. The van der Waals surface area contributed by atoms with Crippen LogP contribution in [-0.4, -0.2) is 59.6 Å². The highest BCUT2D eigenvalue weighted by Gasteiger charge is 2.25. The van der Waals surface area contributed by atoms with Crippen LogP contribution in [0.5, 0.6) is 0 Å². The number of carbonyl (C=O) groups is 2. The number of aromatic nitrogens is 1. The lowest BCUT2D eigenvalue weighted by Crippen LogP contribution is -2.50. The van der Waals surface area contributed by atoms with Crippen LogP contribution in [0.3, 0.4) is 0 Å². The van der Waals surface area contributed by atoms with Crippen molar-refractivity contribution < 1.29 is 14.3 Å². The summed E-state index contributed by atoms with van der Waals surface area (Å²) in [7, 11) is 0. The van der Waals surface area contributed by atoms with E-state index in [-0.39, 0.29) is 18.0 Å². The summed E-state index contributed by atoms with van der Waals surface area (Å²) in [6.45, 7) is 6.13. The van der Waals surface area contributed by atoms with E-state index >= 15 is 0 Å². The predicted octanol–water partition coefficient (Wildman–Crippen LogP) is 3.17. The number of hydrogen-bond donors (Lipinski definition) is 1. The highest BCUT2D eigenvalue weighted by molar-refractivity contribution is 5.95. The van der Waals surface area contributed by atoms with Crippen LogP contribution in [0.4, 0.5) is 10.6 Å². The van der Waals surface area contributed by atoms with E-state index in [4.69, 9.17) is 4.74 Å². The molecule has 0 radical (unpaired) electrons. The number of amides is 2. The van der Waals surface area contributed by atoms with Crippen LogP contribution in [-0.2, 0) is 4.74 Å². The largest absolute Gasteiger partial charge is 0.450 e. The average molecular weight is 382 g/mol. The Kier molecular flexibility index (Phi) is 6.47. The molecule has 0 aliphatic carbocycles. The molecule has 1 saturated heterocycles. The number of ether oxygens (including phenoxy) is 1. The minimum absolute atomic E-state index is 0.0543. The molecule has 1 fully saturated rings. The second kappa shape index (κ2) is 9.21. The van der Waals surface area contributed by atoms with E-state index in [1.165, 1.54) is 0 Å². The molecule has 7 nitrogen and oxygen atoms in total. The zero-order valence-electron chi connectivity index (χ0n) is 16.3. The molecule has 7 heteroatoms. The van der Waals surface area contributed by atoms with Crippen LogP contribution < -0.4 is 5.32 Å². The van der Waals surface area contributed by atoms with Gasteiger partial charge in [-0.05, 0) is 31.5 Å². The third kappa shape index (κ3) is 4.79. The Morgan fingerprint density at radius 2 is 1.79 bits per heavy atom. The molecule has 1 unspecified atom stereocenters. The summed E-state index contributed by atoms with van der Waals surface area (Å²) >= 11 is 0. The Hall–Kier alpha value is -3.09. The number of carbonyl (C=O) groups excluding carboxylic acids is 2. The van der Waals surface area contributed by atoms with Gasteiger partial charge in [-0.3, -0.25) is 4.79 Å². The van der Waals surface area contributed by atoms with Gasteiger partial charge in [0.25, 0.3) is 5.91 Å². The van der Waals surface area contributed by atoms with Crippen LogP contribution in [0.15, 0.2) is 48.7 Å². The molecule has 0 saturated carbocycles. The number of nitrogens with zero attached hydrogens (tertiary/aromatic N) is 3. The van der Waals surface area contributed by atoms with Gasteiger partial charge >= 0.3 is 6.09 Å². The minimum Gasteiger partial charge on any atom is -0.450 e. The second-order valence-electron chi connectivity index (χ2n) is 6.68. The fourth-order valence-electron chi connectivity index (χ4n) is 3.18. The molecule has 148 valence electrons. The maximum atomic E-state index is 12.8. The lowest BCUT2D eigenvalue weighted by atomic mass is 10.1. The van der Waals surface area contributed by atoms with Gasteiger partial charge in [-0.25, -0.2) is 9.78 Å². The smallest absolute Gasteiger partial charge is 0.409 e. The molecule has 1 atom stereocenters. The van der Waals surface area contributed by atoms with Gasteiger partial charge < -0.3 is 19.9 Å². The minimum atomic E-state index is -0.320. The summed E-state index contributed by atoms with van der Waals surface area (Å²) in [6, 6.07) is 13.7. The second-order valence-corrected chi connectivity index (χ2v) is 6.68. The van der Waals surface area contributed by atoms with Gasteiger partial charge in [-0.15, -0.1) is 0 Å². The number of hydrogen-bond acceptors (Lipinski definition) is 5. The molecular weight excluding hydrogens is 356 g/mol. The number of piperazine rings is 1. The standard InChI is InChI=1S/C21H26N4O3/c1-3-28-21(27)25-13-11-24(12-14-25)20(26)18-9-10-22-19(15-18)23-16(2)17-7-5-4-6-8-17/h4-10,15-16H,3,11-14H2,1-2H3,(H,22,23). The quantitative estimate of drug-likeness (QED) is 0.860. The van der Waals surface area contributed by atoms with E-state index in [0.717, 1.165) is 5.56 Å². The van der Waals surface area contributed by atoms with Crippen molar-refractivity contribution in [3.8, 4) is 0 Å². The van der Waals surface area contributed by atoms with Crippen molar-refractivity contribution in [3.63, 3.8) is 0 Å². The number of nitrogens with one attached hydrogen (secondary N) is 1. The average Bonchev–Trinajstić information content (AvgIpc) is 2.74. The fourth-order valence-corrected chi connectivity index (χ4v) is 3.18. The Morgan fingerprint density at radius 3 is 2.46 bits per heavy atom. The van der Waals surface area contributed by atoms with Crippen LogP contribution in [0.2, 0.25) is 0 Å². The van der Waals surface area contributed by atoms with Crippen LogP contribution in [0.1, 0.15) is 35.8 Å². The number of pyridine rings is 1. The number of anilines is 1. The van der Waals surface area contributed by atoms with Crippen molar-refractivity contribution in [2.75, 3.05) is 38.1 Å². The first-order valence-electron chi connectivity index (χ1n) is 9.57. The topological polar surface area (TPSA) is 74.8 Å². The van der Waals surface area contributed by atoms with E-state index in [1.54, 1.807) is 35.1 Å². The molecule has 1 N–H and O–H groups in total. The highest BCUT2D eigenvalue weighted by atomic mass is 16.6. The third-order valence-corrected chi connectivity index (χ3v) is 4.76. The molecular formula is C21H26N4O3. The zero-order valence-corrected chi connectivity index (χ0v) is 16.3. The molecule has 1 aliphatic rings. The predicted molar refractivity (Wildman–Crippen MR) is 107 cm³/mol. The lowest BCUT2D eigenvalue weighted by Gasteiger charge is -2.34. The van der Waals surface area contributed by atoms with Crippen molar-refractivity contribution in [3.05, 3.63) is 59.8 Å². The number of rotatable bonds is 5. The first-order chi connectivity index (χ1) is 13.6. The van der Waals surface area contributed by atoms with E-state index in [1.807, 2.05) is 18.2 Å². The van der Waals surface area contributed by atoms with E-state index in [9.17, 15) is 9.59 Å². The first-order valence-corrected chi connectivity index (χ1v) is 9.57. The van der Waals surface area contributed by atoms with Gasteiger partial charge in [0.15, 0.2) is 0 Å². The molecule has 1 aromatic carbocycles. The summed E-state index contributed by atoms with van der Waals surface area (Å²) in [5.74, 6) is 0.605. The molecule has 2 amide bonds. The van der Waals surface area contributed by atoms with E-state index in [0.29, 0.717) is 44.2 Å². The summed E-state index contributed by atoms with van der Waals surface area (Å²) in [4.78, 5) is 32.4. The van der Waals surface area contributed by atoms with Gasteiger partial charge in [0.2, 0.25) is 0 Å². The van der Waals surface area contributed by atoms with Crippen LogP contribution in [0.25, 0.3) is 0 Å². The monoisotopic (exact) mass is 382 g/mol. The molecule has 3 rings (SSSR count). The molecule has 0 spiro atoms. The van der Waals surface area contributed by atoms with Crippen molar-refractivity contribution in [2.45, 2.75) is 19.9 Å². The summed E-state index contributed by atoms with van der Waals surface area (Å²) < 4.78 is 5.02. The Labute approximate surface area is 165 Å². The lowest BCUT2D eigenvalue weighted by molar-refractivity contribution is 0.0570. The van der Waals surface area contributed by atoms with Gasteiger partial charge in [-0.1, -0.05) is 30.3 Å². The zero-order chi connectivity index (χ0) is 19.9. The molecule has 1 aliphatic heterocycles. The highest BCUT2D eigenvalue weighted by Crippen LogP contribution is 2.19. The normalized spacial score (nSPS) is 15.1. The van der Waals surface area contributed by atoms with Crippen LogP contribution in [0, 0.1) is 0 Å². The van der Waals surface area contributed by atoms with Gasteiger partial charge in [0, 0.05) is 44.0 Å². The Balaban J connectivity index is 1.61. The van der Waals surface area contributed by atoms with E-state index in [2.05, 4.69) is 29.4 Å². The SMILES string of the molecule is CCOC(=O)N1CCN(C(=O)c2ccnc(NC(C)c3ccccc3)c2)CC1. The third-order valence-electron chi connectivity index (χ3n) is 4.76. The van der Waals surface area contributed by atoms with Gasteiger partial charge in [0.1, 0.15) is 5.82 Å². The molecule has 2 aromatic rings. The molecule has 28 heavy (non-hydrogen) atoms. The van der Waals surface area contributed by atoms with Crippen molar-refractivity contribution in [1.29, 1.82) is 0 Å². The Bertz CT molecular complexity index is 804. The van der Waals surface area contributed by atoms with Gasteiger partial charge in [-0.2, -0.15) is 0 Å². The number of benzene rings is 1. The first kappa shape index (κ1) is 19.7. The van der Waals surface area contributed by atoms with Crippen molar-refractivity contribution in [1.82, 2.24) is 14.8 Å². The molecule has 2 heterocycles. The Morgan fingerprint density at radius 1 is 1.11 bits per heavy atom. The maximum absolute atomic E-state index is 12.8. The van der Waals surface area contributed by atoms with Gasteiger partial charge in [0.05, 0.1) is 6.61 Å². The molecule has 0 bridgehead atoms. The maximum Gasteiger partial charge on any atom is 0.409 e. The summed E-state index contributed by atoms with van der Waals surface area (Å²) in [5.41, 5.74) is 1.73. The summed E-state index contributed by atoms with van der Waals surface area (Å²) in [6.07, 6.45) is 1.32. The molecule has 1 aromatic heterocycles. The van der Waals surface area contributed by atoms with Crippen molar-refractivity contribution in [2.24, 2.45) is 0 Å². The fraction of sp³-hybridized carbons (Fsp3) is 0.381. The van der Waals surface area contributed by atoms with Crippen molar-refractivity contribution >= 4 is 17.8 Å². The van der Waals surface area contributed by atoms with Crippen LogP contribution >= 0.6 is 0 Å².